The highest BCUT2D eigenvalue weighted by Crippen LogP contribution is 2.34. The van der Waals surface area contributed by atoms with E-state index in [9.17, 15) is 0 Å². The molecule has 1 saturated carbocycles. The molecule has 1 fully saturated rings. The summed E-state index contributed by atoms with van der Waals surface area (Å²) >= 11 is 1.71. The molecule has 1 aromatic heterocycles. The Morgan fingerprint density at radius 2 is 2.29 bits per heavy atom. The van der Waals surface area contributed by atoms with Gasteiger partial charge in [-0.3, -0.25) is 0 Å². The number of nitrogens with zero attached hydrogens (tertiary/aromatic N) is 2. The highest BCUT2D eigenvalue weighted by Gasteiger charge is 2.20. The van der Waals surface area contributed by atoms with Gasteiger partial charge in [0, 0.05) is 17.5 Å². The quantitative estimate of drug-likeness (QED) is 0.610. The lowest BCUT2D eigenvalue weighted by atomic mass is 10.3. The average molecular weight is 209 g/mol. The second-order valence-corrected chi connectivity index (χ2v) is 4.86. The first-order valence-electron chi connectivity index (χ1n) is 4.98. The Bertz CT molecular complexity index is 303. The molecule has 2 N–H and O–H groups in total. The molecule has 1 aliphatic carbocycles. The van der Waals surface area contributed by atoms with E-state index in [2.05, 4.69) is 9.97 Å². The second kappa shape index (κ2) is 4.17. The highest BCUT2D eigenvalue weighted by molar-refractivity contribution is 7.99. The molecule has 0 aromatic carbocycles. The number of anilines is 1. The van der Waals surface area contributed by atoms with Crippen LogP contribution < -0.4 is 5.73 Å². The number of thioether (sulfide) groups is 1. The van der Waals surface area contributed by atoms with Crippen molar-refractivity contribution in [3.05, 3.63) is 11.8 Å². The molecule has 0 saturated heterocycles. The molecule has 0 spiro atoms. The summed E-state index contributed by atoms with van der Waals surface area (Å²) in [6.07, 6.45) is 4.12. The third-order valence-corrected chi connectivity index (χ3v) is 3.19. The lowest BCUT2D eigenvalue weighted by Gasteiger charge is -2.01. The van der Waals surface area contributed by atoms with Crippen molar-refractivity contribution >= 4 is 17.6 Å². The van der Waals surface area contributed by atoms with Gasteiger partial charge in [0.05, 0.1) is 0 Å². The summed E-state index contributed by atoms with van der Waals surface area (Å²) in [5.41, 5.74) is 6.59. The topological polar surface area (TPSA) is 51.8 Å². The predicted octanol–water partition coefficient (Wildman–Crippen LogP) is 2.26. The van der Waals surface area contributed by atoms with Gasteiger partial charge in [0.25, 0.3) is 0 Å². The first-order valence-corrected chi connectivity index (χ1v) is 5.96. The standard InChI is InChI=1S/C10H15N3S/c1-7-6-9(11)13-10(12-7)14-5-4-8-2-3-8/h6,8H,2-5H2,1H3,(H2,11,12,13). The zero-order chi connectivity index (χ0) is 9.97. The molecule has 0 bridgehead atoms. The zero-order valence-electron chi connectivity index (χ0n) is 8.36. The van der Waals surface area contributed by atoms with E-state index in [0.29, 0.717) is 5.82 Å². The van der Waals surface area contributed by atoms with Crippen molar-refractivity contribution in [1.29, 1.82) is 0 Å². The largest absolute Gasteiger partial charge is 0.384 e. The van der Waals surface area contributed by atoms with E-state index in [1.165, 1.54) is 19.3 Å². The van der Waals surface area contributed by atoms with Crippen molar-refractivity contribution in [2.75, 3.05) is 11.5 Å². The molecule has 1 heterocycles. The lowest BCUT2D eigenvalue weighted by Crippen LogP contribution is -1.97. The Labute approximate surface area is 88.5 Å². The normalized spacial score (nSPS) is 15.8. The van der Waals surface area contributed by atoms with E-state index in [-0.39, 0.29) is 0 Å². The van der Waals surface area contributed by atoms with Crippen LogP contribution >= 0.6 is 11.8 Å². The van der Waals surface area contributed by atoms with Crippen LogP contribution in [0.4, 0.5) is 5.82 Å². The molecule has 0 amide bonds. The third kappa shape index (κ3) is 2.87. The first kappa shape index (κ1) is 9.77. The Morgan fingerprint density at radius 3 is 2.93 bits per heavy atom. The SMILES string of the molecule is Cc1cc(N)nc(SCCC2CC2)n1. The van der Waals surface area contributed by atoms with Crippen LogP contribution in [-0.4, -0.2) is 15.7 Å². The van der Waals surface area contributed by atoms with Crippen molar-refractivity contribution in [3.8, 4) is 0 Å². The molecule has 4 heteroatoms. The van der Waals surface area contributed by atoms with Crippen LogP contribution in [-0.2, 0) is 0 Å². The maximum absolute atomic E-state index is 5.64. The molecule has 0 atom stereocenters. The minimum Gasteiger partial charge on any atom is -0.384 e. The molecule has 0 radical (unpaired) electrons. The minimum atomic E-state index is 0.575. The van der Waals surface area contributed by atoms with Crippen LogP contribution in [0.25, 0.3) is 0 Å². The van der Waals surface area contributed by atoms with Gasteiger partial charge >= 0.3 is 0 Å². The summed E-state index contributed by atoms with van der Waals surface area (Å²) in [5.74, 6) is 2.67. The van der Waals surface area contributed by atoms with Crippen LogP contribution in [0, 0.1) is 12.8 Å². The molecule has 0 aliphatic heterocycles. The number of aryl methyl sites for hydroxylation is 1. The minimum absolute atomic E-state index is 0.575. The fourth-order valence-electron chi connectivity index (χ4n) is 1.35. The van der Waals surface area contributed by atoms with E-state index < -0.39 is 0 Å². The van der Waals surface area contributed by atoms with Gasteiger partial charge in [-0.2, -0.15) is 0 Å². The van der Waals surface area contributed by atoms with Gasteiger partial charge in [-0.05, 0) is 19.3 Å². The van der Waals surface area contributed by atoms with Crippen molar-refractivity contribution in [2.24, 2.45) is 5.92 Å². The molecule has 0 unspecified atom stereocenters. The Balaban J connectivity index is 1.87. The van der Waals surface area contributed by atoms with Gasteiger partial charge < -0.3 is 5.73 Å². The van der Waals surface area contributed by atoms with E-state index in [0.717, 1.165) is 22.5 Å². The molecular formula is C10H15N3S. The maximum atomic E-state index is 5.64. The van der Waals surface area contributed by atoms with Crippen molar-refractivity contribution in [2.45, 2.75) is 31.3 Å². The summed E-state index contributed by atoms with van der Waals surface area (Å²) in [7, 11) is 0. The second-order valence-electron chi connectivity index (χ2n) is 3.80. The molecule has 2 rings (SSSR count). The van der Waals surface area contributed by atoms with Crippen LogP contribution in [0.5, 0.6) is 0 Å². The Kier molecular flexibility index (Phi) is 2.91. The van der Waals surface area contributed by atoms with Crippen LogP contribution in [0.2, 0.25) is 0 Å². The number of nitrogens with two attached hydrogens (primary N) is 1. The van der Waals surface area contributed by atoms with Gasteiger partial charge in [0.1, 0.15) is 5.82 Å². The summed E-state index contributed by atoms with van der Waals surface area (Å²) in [5, 5.41) is 0.822. The molecule has 3 nitrogen and oxygen atoms in total. The van der Waals surface area contributed by atoms with E-state index in [1.807, 2.05) is 6.92 Å². The fraction of sp³-hybridized carbons (Fsp3) is 0.600. The van der Waals surface area contributed by atoms with Crippen molar-refractivity contribution < 1.29 is 0 Å². The Hall–Kier alpha value is -0.770. The highest BCUT2D eigenvalue weighted by atomic mass is 32.2. The van der Waals surface area contributed by atoms with Gasteiger partial charge in [0.2, 0.25) is 0 Å². The monoisotopic (exact) mass is 209 g/mol. The molecule has 14 heavy (non-hydrogen) atoms. The number of nitrogen functional groups attached to an aromatic ring is 1. The first-order chi connectivity index (χ1) is 6.74. The van der Waals surface area contributed by atoms with E-state index in [1.54, 1.807) is 17.8 Å². The summed E-state index contributed by atoms with van der Waals surface area (Å²) in [4.78, 5) is 8.50. The summed E-state index contributed by atoms with van der Waals surface area (Å²) < 4.78 is 0. The summed E-state index contributed by atoms with van der Waals surface area (Å²) in [6, 6.07) is 1.80. The Morgan fingerprint density at radius 1 is 1.50 bits per heavy atom. The van der Waals surface area contributed by atoms with E-state index >= 15 is 0 Å². The van der Waals surface area contributed by atoms with Gasteiger partial charge in [-0.1, -0.05) is 24.6 Å². The van der Waals surface area contributed by atoms with E-state index in [4.69, 9.17) is 5.73 Å². The van der Waals surface area contributed by atoms with Gasteiger partial charge in [0.15, 0.2) is 5.16 Å². The van der Waals surface area contributed by atoms with Gasteiger partial charge in [-0.25, -0.2) is 9.97 Å². The van der Waals surface area contributed by atoms with Crippen molar-refractivity contribution in [1.82, 2.24) is 9.97 Å². The zero-order valence-corrected chi connectivity index (χ0v) is 9.18. The maximum Gasteiger partial charge on any atom is 0.189 e. The summed E-state index contributed by atoms with van der Waals surface area (Å²) in [6.45, 7) is 1.95. The predicted molar refractivity (Wildman–Crippen MR) is 59.2 cm³/mol. The fourth-order valence-corrected chi connectivity index (χ4v) is 2.37. The molecule has 1 aliphatic rings. The molecular weight excluding hydrogens is 194 g/mol. The van der Waals surface area contributed by atoms with Crippen molar-refractivity contribution in [3.63, 3.8) is 0 Å². The van der Waals surface area contributed by atoms with Crippen LogP contribution in [0.15, 0.2) is 11.2 Å². The molecule has 76 valence electrons. The number of aromatic nitrogens is 2. The average Bonchev–Trinajstić information content (AvgIpc) is 2.86. The van der Waals surface area contributed by atoms with Crippen LogP contribution in [0.1, 0.15) is 25.0 Å². The third-order valence-electron chi connectivity index (χ3n) is 2.31. The number of rotatable bonds is 4. The number of hydrogen-bond donors (Lipinski definition) is 1. The number of hydrogen-bond acceptors (Lipinski definition) is 4. The smallest absolute Gasteiger partial charge is 0.189 e. The molecule has 1 aromatic rings. The lowest BCUT2D eigenvalue weighted by molar-refractivity contribution is 0.805. The van der Waals surface area contributed by atoms with Gasteiger partial charge in [-0.15, -0.1) is 0 Å². The van der Waals surface area contributed by atoms with Crippen LogP contribution in [0.3, 0.4) is 0 Å².